The first-order valence-electron chi connectivity index (χ1n) is 6.49. The molecule has 5 nitrogen and oxygen atoms in total. The summed E-state index contributed by atoms with van der Waals surface area (Å²) >= 11 is 3.44. The van der Waals surface area contributed by atoms with Crippen LogP contribution in [0.3, 0.4) is 0 Å². The molecule has 4 rings (SSSR count). The lowest BCUT2D eigenvalue weighted by Crippen LogP contribution is -2.09. The molecule has 0 radical (unpaired) electrons. The van der Waals surface area contributed by atoms with Crippen molar-refractivity contribution >= 4 is 21.6 Å². The number of hydrogen-bond donors (Lipinski definition) is 0. The number of benzene rings is 1. The highest BCUT2D eigenvalue weighted by atomic mass is 79.9. The highest BCUT2D eigenvalue weighted by Crippen LogP contribution is 2.24. The topological polar surface area (TPSA) is 56.0 Å². The van der Waals surface area contributed by atoms with E-state index in [2.05, 4.69) is 31.1 Å². The summed E-state index contributed by atoms with van der Waals surface area (Å²) in [6.45, 7) is 0.484. The number of nitrogens with zero attached hydrogens (tertiary/aromatic N) is 5. The van der Waals surface area contributed by atoms with E-state index >= 15 is 0 Å². The first-order valence-corrected chi connectivity index (χ1v) is 7.28. The van der Waals surface area contributed by atoms with Gasteiger partial charge in [-0.2, -0.15) is 0 Å². The predicted molar refractivity (Wildman–Crippen MR) is 82.6 cm³/mol. The van der Waals surface area contributed by atoms with Gasteiger partial charge in [0.25, 0.3) is 0 Å². The highest BCUT2D eigenvalue weighted by Gasteiger charge is 2.21. The molecule has 0 aliphatic carbocycles. The summed E-state index contributed by atoms with van der Waals surface area (Å²) in [6, 6.07) is 14.0. The Hall–Kier alpha value is -2.34. The van der Waals surface area contributed by atoms with Crippen molar-refractivity contribution in [3.05, 3.63) is 70.5 Å². The van der Waals surface area contributed by atoms with Gasteiger partial charge >= 0.3 is 0 Å². The Kier molecular flexibility index (Phi) is 2.89. The number of hydrogen-bond acceptors (Lipinski definition) is 4. The fraction of sp³-hybridized carbons (Fsp3) is 0.0667. The maximum absolute atomic E-state index is 4.70. The van der Waals surface area contributed by atoms with Crippen LogP contribution in [0.15, 0.2) is 58.4 Å². The van der Waals surface area contributed by atoms with Crippen LogP contribution in [-0.4, -0.2) is 25.5 Å². The number of rotatable bonds is 1. The molecule has 102 valence electrons. The fourth-order valence-corrected chi connectivity index (χ4v) is 2.72. The van der Waals surface area contributed by atoms with E-state index < -0.39 is 0 Å². The normalized spacial score (nSPS) is 13.1. The van der Waals surface area contributed by atoms with Gasteiger partial charge in [0.05, 0.1) is 11.4 Å². The molecule has 1 aliphatic heterocycles. The molecule has 0 saturated heterocycles. The molecule has 6 heteroatoms. The van der Waals surface area contributed by atoms with Gasteiger partial charge in [-0.25, -0.2) is 4.98 Å². The molecule has 0 N–H and O–H groups in total. The van der Waals surface area contributed by atoms with E-state index in [0.29, 0.717) is 6.54 Å². The van der Waals surface area contributed by atoms with Crippen LogP contribution in [0.1, 0.15) is 17.1 Å². The van der Waals surface area contributed by atoms with Crippen molar-refractivity contribution in [2.75, 3.05) is 0 Å². The molecule has 3 heterocycles. The van der Waals surface area contributed by atoms with Crippen molar-refractivity contribution in [1.29, 1.82) is 0 Å². The lowest BCUT2D eigenvalue weighted by atomic mass is 10.1. The van der Waals surface area contributed by atoms with E-state index in [9.17, 15) is 0 Å². The fourth-order valence-electron chi connectivity index (χ4n) is 2.41. The molecular formula is C15H10BrN5. The van der Waals surface area contributed by atoms with Gasteiger partial charge in [-0.15, -0.1) is 10.2 Å². The Morgan fingerprint density at radius 1 is 1.05 bits per heavy atom. The molecule has 21 heavy (non-hydrogen) atoms. The molecule has 0 atom stereocenters. The zero-order valence-corrected chi connectivity index (χ0v) is 12.5. The first kappa shape index (κ1) is 12.4. The number of halogens is 1. The van der Waals surface area contributed by atoms with Crippen molar-refractivity contribution in [1.82, 2.24) is 19.7 Å². The minimum atomic E-state index is 0.484. The van der Waals surface area contributed by atoms with E-state index in [1.54, 1.807) is 6.33 Å². The third kappa shape index (κ3) is 2.08. The van der Waals surface area contributed by atoms with Gasteiger partial charge in [0.1, 0.15) is 23.2 Å². The third-order valence-electron chi connectivity index (χ3n) is 3.37. The minimum absolute atomic E-state index is 0.484. The number of fused-ring (bicyclic) bond motifs is 3. The molecule has 0 spiro atoms. The molecule has 0 unspecified atom stereocenters. The van der Waals surface area contributed by atoms with Gasteiger partial charge in [0, 0.05) is 5.56 Å². The van der Waals surface area contributed by atoms with Crippen LogP contribution >= 0.6 is 15.9 Å². The van der Waals surface area contributed by atoms with Crippen molar-refractivity contribution in [2.45, 2.75) is 6.54 Å². The second-order valence-electron chi connectivity index (χ2n) is 4.65. The summed E-state index contributed by atoms with van der Waals surface area (Å²) in [5.74, 6) is 0.811. The molecule has 2 aromatic heterocycles. The van der Waals surface area contributed by atoms with Crippen LogP contribution in [-0.2, 0) is 6.54 Å². The maximum atomic E-state index is 4.70. The van der Waals surface area contributed by atoms with Gasteiger partial charge in [-0.05, 0) is 28.1 Å². The number of pyridine rings is 1. The van der Waals surface area contributed by atoms with E-state index in [1.165, 1.54) is 0 Å². The average Bonchev–Trinajstić information content (AvgIpc) is 2.92. The van der Waals surface area contributed by atoms with Crippen LogP contribution in [0.25, 0.3) is 5.69 Å². The van der Waals surface area contributed by atoms with Crippen LogP contribution in [0.4, 0.5) is 0 Å². The molecule has 0 amide bonds. The van der Waals surface area contributed by atoms with Crippen molar-refractivity contribution in [3.63, 3.8) is 0 Å². The predicted octanol–water partition coefficient (Wildman–Crippen LogP) is 2.78. The largest absolute Gasteiger partial charge is 0.282 e. The van der Waals surface area contributed by atoms with E-state index in [1.807, 2.05) is 47.0 Å². The summed E-state index contributed by atoms with van der Waals surface area (Å²) < 4.78 is 2.72. The molecule has 0 saturated carbocycles. The maximum Gasteiger partial charge on any atom is 0.159 e. The van der Waals surface area contributed by atoms with Crippen LogP contribution in [0.5, 0.6) is 0 Å². The van der Waals surface area contributed by atoms with Gasteiger partial charge in [0.2, 0.25) is 0 Å². The highest BCUT2D eigenvalue weighted by molar-refractivity contribution is 9.10. The Bertz CT molecular complexity index is 838. The van der Waals surface area contributed by atoms with Crippen LogP contribution in [0, 0.1) is 0 Å². The lowest BCUT2D eigenvalue weighted by Gasteiger charge is -2.10. The van der Waals surface area contributed by atoms with Crippen molar-refractivity contribution < 1.29 is 0 Å². The molecule has 3 aromatic rings. The lowest BCUT2D eigenvalue weighted by molar-refractivity contribution is 0.869. The van der Waals surface area contributed by atoms with Crippen LogP contribution in [0.2, 0.25) is 0 Å². The Morgan fingerprint density at radius 3 is 2.76 bits per heavy atom. The number of aromatic nitrogens is 4. The second kappa shape index (κ2) is 4.89. The Morgan fingerprint density at radius 2 is 1.90 bits per heavy atom. The summed E-state index contributed by atoms with van der Waals surface area (Å²) in [4.78, 5) is 9.32. The minimum Gasteiger partial charge on any atom is -0.282 e. The third-order valence-corrected chi connectivity index (χ3v) is 3.81. The quantitative estimate of drug-likeness (QED) is 0.640. The van der Waals surface area contributed by atoms with E-state index in [0.717, 1.165) is 33.1 Å². The SMILES string of the molecule is Brc1ccc2c(n1)C(c1ccccc1)=NCc1nncn1-2. The summed E-state index contributed by atoms with van der Waals surface area (Å²) in [6.07, 6.45) is 1.70. The zero-order chi connectivity index (χ0) is 14.2. The zero-order valence-electron chi connectivity index (χ0n) is 10.9. The van der Waals surface area contributed by atoms with E-state index in [-0.39, 0.29) is 0 Å². The van der Waals surface area contributed by atoms with Gasteiger partial charge in [-0.3, -0.25) is 9.56 Å². The standard InChI is InChI=1S/C15H10BrN5/c16-12-7-6-11-15(19-12)14(10-4-2-1-3-5-10)17-8-13-20-18-9-21(11)13/h1-7,9H,8H2. The number of aliphatic imine (C=N–C) groups is 1. The van der Waals surface area contributed by atoms with E-state index in [4.69, 9.17) is 4.99 Å². The average molecular weight is 340 g/mol. The summed E-state index contributed by atoms with van der Waals surface area (Å²) in [7, 11) is 0. The van der Waals surface area contributed by atoms with Crippen molar-refractivity contribution in [3.8, 4) is 5.69 Å². The summed E-state index contributed by atoms with van der Waals surface area (Å²) in [5.41, 5.74) is 3.69. The van der Waals surface area contributed by atoms with Gasteiger partial charge < -0.3 is 0 Å². The van der Waals surface area contributed by atoms with Crippen LogP contribution < -0.4 is 0 Å². The molecule has 0 fully saturated rings. The van der Waals surface area contributed by atoms with Gasteiger partial charge in [0.15, 0.2) is 5.82 Å². The Labute approximate surface area is 129 Å². The molecular weight excluding hydrogens is 330 g/mol. The molecule has 1 aromatic carbocycles. The monoisotopic (exact) mass is 339 g/mol. The smallest absolute Gasteiger partial charge is 0.159 e. The molecule has 1 aliphatic rings. The molecule has 0 bridgehead atoms. The van der Waals surface area contributed by atoms with Gasteiger partial charge in [-0.1, -0.05) is 30.3 Å². The second-order valence-corrected chi connectivity index (χ2v) is 5.46. The summed E-state index contributed by atoms with van der Waals surface area (Å²) in [5, 5.41) is 8.10. The first-order chi connectivity index (χ1) is 10.3. The van der Waals surface area contributed by atoms with Crippen molar-refractivity contribution in [2.24, 2.45) is 4.99 Å². The Balaban J connectivity index is 2.00.